The number of carbonyl (C=O) groups is 1. The number of carboxylic acids is 1. The Morgan fingerprint density at radius 2 is 2.06 bits per heavy atom. The quantitative estimate of drug-likeness (QED) is 0.907. The van der Waals surface area contributed by atoms with E-state index in [-0.39, 0.29) is 6.04 Å². The lowest BCUT2D eigenvalue weighted by molar-refractivity contribution is -0.143. The fourth-order valence-corrected chi connectivity index (χ4v) is 2.56. The van der Waals surface area contributed by atoms with Crippen molar-refractivity contribution >= 4 is 21.9 Å². The molecule has 2 unspecified atom stereocenters. The van der Waals surface area contributed by atoms with Crippen LogP contribution in [0.5, 0.6) is 0 Å². The monoisotopic (exact) mass is 299 g/mol. The largest absolute Gasteiger partial charge is 0.480 e. The molecule has 4 heteroatoms. The summed E-state index contributed by atoms with van der Waals surface area (Å²) in [6, 6.07) is 7.52. The third-order valence-corrected chi connectivity index (χ3v) is 3.85. The van der Waals surface area contributed by atoms with Crippen LogP contribution in [0.4, 0.5) is 0 Å². The molecule has 3 nitrogen and oxygen atoms in total. The molecule has 1 N–H and O–H groups in total. The first kappa shape index (κ1) is 14.2. The summed E-state index contributed by atoms with van der Waals surface area (Å²) in [5.74, 6) is -0.770. The molecule has 0 aliphatic rings. The van der Waals surface area contributed by atoms with Crippen molar-refractivity contribution in [2.45, 2.75) is 32.4 Å². The van der Waals surface area contributed by atoms with Gasteiger partial charge in [-0.1, -0.05) is 41.1 Å². The van der Waals surface area contributed by atoms with E-state index in [0.29, 0.717) is 6.42 Å². The van der Waals surface area contributed by atoms with Crippen LogP contribution in [0.1, 0.15) is 31.9 Å². The van der Waals surface area contributed by atoms with Gasteiger partial charge in [-0.2, -0.15) is 0 Å². The first-order valence-corrected chi connectivity index (χ1v) is 6.47. The predicted octanol–water partition coefficient (Wildman–Crippen LogP) is 3.31. The molecule has 2 atom stereocenters. The van der Waals surface area contributed by atoms with E-state index in [4.69, 9.17) is 5.11 Å². The number of hydrogen-bond donors (Lipinski definition) is 1. The summed E-state index contributed by atoms with van der Waals surface area (Å²) in [5.41, 5.74) is 1.11. The first-order valence-electron chi connectivity index (χ1n) is 5.68. The third kappa shape index (κ3) is 3.30. The number of hydrogen-bond acceptors (Lipinski definition) is 2. The smallest absolute Gasteiger partial charge is 0.320 e. The van der Waals surface area contributed by atoms with Gasteiger partial charge in [0.05, 0.1) is 0 Å². The molecule has 0 fully saturated rings. The van der Waals surface area contributed by atoms with Crippen LogP contribution in [-0.4, -0.2) is 29.1 Å². The summed E-state index contributed by atoms with van der Waals surface area (Å²) in [7, 11) is 1.85. The maximum Gasteiger partial charge on any atom is 0.320 e. The third-order valence-electron chi connectivity index (χ3n) is 3.13. The Balaban J connectivity index is 2.93. The minimum absolute atomic E-state index is 0.0617. The van der Waals surface area contributed by atoms with Gasteiger partial charge >= 0.3 is 5.97 Å². The van der Waals surface area contributed by atoms with Crippen LogP contribution in [0.15, 0.2) is 28.7 Å². The Bertz CT molecular complexity index is 395. The number of likely N-dealkylation sites (N-methyl/N-ethyl adjacent to an activating group) is 1. The average molecular weight is 300 g/mol. The van der Waals surface area contributed by atoms with Crippen molar-refractivity contribution < 1.29 is 9.90 Å². The second-order valence-electron chi connectivity index (χ2n) is 4.13. The average Bonchev–Trinajstić information content (AvgIpc) is 2.29. The van der Waals surface area contributed by atoms with Gasteiger partial charge in [-0.25, -0.2) is 0 Å². The Morgan fingerprint density at radius 3 is 2.53 bits per heavy atom. The lowest BCUT2D eigenvalue weighted by Crippen LogP contribution is -2.39. The van der Waals surface area contributed by atoms with Crippen molar-refractivity contribution in [3.63, 3.8) is 0 Å². The van der Waals surface area contributed by atoms with E-state index in [1.54, 1.807) is 0 Å². The molecule has 1 rings (SSSR count). The minimum atomic E-state index is -0.770. The highest BCUT2D eigenvalue weighted by molar-refractivity contribution is 9.10. The summed E-state index contributed by atoms with van der Waals surface area (Å²) >= 11 is 3.50. The van der Waals surface area contributed by atoms with Crippen LogP contribution in [0, 0.1) is 0 Å². The standard InChI is InChI=1S/C13H18BrNO2/c1-4-12(13(16)17)15(3)9(2)10-7-5-6-8-11(10)14/h5-9,12H,4H2,1-3H3,(H,16,17). The van der Waals surface area contributed by atoms with Gasteiger partial charge in [0.15, 0.2) is 0 Å². The van der Waals surface area contributed by atoms with Crippen molar-refractivity contribution in [2.75, 3.05) is 7.05 Å². The number of carboxylic acid groups (broad SMARTS) is 1. The van der Waals surface area contributed by atoms with E-state index >= 15 is 0 Å². The molecule has 0 aliphatic carbocycles. The van der Waals surface area contributed by atoms with Gasteiger partial charge in [0, 0.05) is 10.5 Å². The molecule has 0 aromatic heterocycles. The van der Waals surface area contributed by atoms with Crippen LogP contribution in [-0.2, 0) is 4.79 Å². The lowest BCUT2D eigenvalue weighted by atomic mass is 10.0. The second kappa shape index (κ2) is 6.17. The molecule has 0 saturated carbocycles. The van der Waals surface area contributed by atoms with Crippen molar-refractivity contribution in [1.29, 1.82) is 0 Å². The molecule has 0 amide bonds. The van der Waals surface area contributed by atoms with Gasteiger partial charge in [-0.15, -0.1) is 0 Å². The Morgan fingerprint density at radius 1 is 1.47 bits per heavy atom. The summed E-state index contributed by atoms with van der Waals surface area (Å²) < 4.78 is 1.01. The molecule has 0 saturated heterocycles. The zero-order chi connectivity index (χ0) is 13.0. The fraction of sp³-hybridized carbons (Fsp3) is 0.462. The molecule has 0 spiro atoms. The van der Waals surface area contributed by atoms with Crippen LogP contribution in [0.2, 0.25) is 0 Å². The normalized spacial score (nSPS) is 14.6. The molecule has 0 heterocycles. The Labute approximate surface area is 111 Å². The van der Waals surface area contributed by atoms with Gasteiger partial charge in [0.2, 0.25) is 0 Å². The maximum absolute atomic E-state index is 11.1. The van der Waals surface area contributed by atoms with Gasteiger partial charge in [-0.3, -0.25) is 9.69 Å². The highest BCUT2D eigenvalue weighted by atomic mass is 79.9. The maximum atomic E-state index is 11.1. The van der Waals surface area contributed by atoms with Gasteiger partial charge < -0.3 is 5.11 Å². The van der Waals surface area contributed by atoms with Gasteiger partial charge in [-0.05, 0) is 32.0 Å². The fourth-order valence-electron chi connectivity index (χ4n) is 1.94. The van der Waals surface area contributed by atoms with E-state index in [2.05, 4.69) is 15.9 Å². The van der Waals surface area contributed by atoms with Crippen LogP contribution in [0.25, 0.3) is 0 Å². The van der Waals surface area contributed by atoms with Crippen molar-refractivity contribution in [1.82, 2.24) is 4.90 Å². The summed E-state index contributed by atoms with van der Waals surface area (Å²) in [5, 5.41) is 9.16. The topological polar surface area (TPSA) is 40.5 Å². The molecule has 1 aromatic rings. The summed E-state index contributed by atoms with van der Waals surface area (Å²) in [4.78, 5) is 13.0. The van der Waals surface area contributed by atoms with Crippen molar-refractivity contribution in [3.05, 3.63) is 34.3 Å². The molecule has 17 heavy (non-hydrogen) atoms. The highest BCUT2D eigenvalue weighted by Crippen LogP contribution is 2.28. The van der Waals surface area contributed by atoms with Crippen LogP contribution < -0.4 is 0 Å². The minimum Gasteiger partial charge on any atom is -0.480 e. The van der Waals surface area contributed by atoms with Crippen LogP contribution in [0.3, 0.4) is 0 Å². The SMILES string of the molecule is CCC(C(=O)O)N(C)C(C)c1ccccc1Br. The van der Waals surface area contributed by atoms with E-state index < -0.39 is 12.0 Å². The molecular weight excluding hydrogens is 282 g/mol. The van der Waals surface area contributed by atoms with Crippen molar-refractivity contribution in [3.8, 4) is 0 Å². The number of benzene rings is 1. The van der Waals surface area contributed by atoms with E-state index in [1.807, 2.05) is 50.1 Å². The van der Waals surface area contributed by atoms with Gasteiger partial charge in [0.25, 0.3) is 0 Å². The number of nitrogens with zero attached hydrogens (tertiary/aromatic N) is 1. The van der Waals surface area contributed by atoms with E-state index in [9.17, 15) is 4.79 Å². The predicted molar refractivity (Wildman–Crippen MR) is 72.0 cm³/mol. The summed E-state index contributed by atoms with van der Waals surface area (Å²) in [6.07, 6.45) is 0.598. The molecule has 94 valence electrons. The Kier molecular flexibility index (Phi) is 5.15. The molecule has 1 aromatic carbocycles. The van der Waals surface area contributed by atoms with Crippen LogP contribution >= 0.6 is 15.9 Å². The van der Waals surface area contributed by atoms with Crippen molar-refractivity contribution in [2.24, 2.45) is 0 Å². The van der Waals surface area contributed by atoms with E-state index in [1.165, 1.54) is 0 Å². The lowest BCUT2D eigenvalue weighted by Gasteiger charge is -2.30. The molecular formula is C13H18BrNO2. The molecule has 0 radical (unpaired) electrons. The highest BCUT2D eigenvalue weighted by Gasteiger charge is 2.25. The molecule has 0 bridgehead atoms. The number of aliphatic carboxylic acids is 1. The zero-order valence-corrected chi connectivity index (χ0v) is 11.9. The second-order valence-corrected chi connectivity index (χ2v) is 4.98. The zero-order valence-electron chi connectivity index (χ0n) is 10.4. The number of halogens is 1. The summed E-state index contributed by atoms with van der Waals surface area (Å²) in [6.45, 7) is 3.91. The molecule has 0 aliphatic heterocycles. The number of rotatable bonds is 5. The van der Waals surface area contributed by atoms with E-state index in [0.717, 1.165) is 10.0 Å². The Hall–Kier alpha value is -0.870. The first-order chi connectivity index (χ1) is 7.99. The van der Waals surface area contributed by atoms with Gasteiger partial charge in [0.1, 0.15) is 6.04 Å².